The lowest BCUT2D eigenvalue weighted by molar-refractivity contribution is 0.0168. The highest BCUT2D eigenvalue weighted by atomic mass is 35.5. The molecule has 2 saturated carbocycles. The largest absolute Gasteiger partial charge is 0.478 e. The van der Waals surface area contributed by atoms with E-state index in [1.165, 1.54) is 17.8 Å². The predicted molar refractivity (Wildman–Crippen MR) is 153 cm³/mol. The molecule has 3 atom stereocenters. The Balaban J connectivity index is 1.34. The van der Waals surface area contributed by atoms with Crippen molar-refractivity contribution in [2.24, 2.45) is 16.7 Å². The number of rotatable bonds is 8. The third-order valence-electron chi connectivity index (χ3n) is 9.08. The summed E-state index contributed by atoms with van der Waals surface area (Å²) in [5, 5.41) is 21.5. The zero-order valence-corrected chi connectivity index (χ0v) is 23.4. The van der Waals surface area contributed by atoms with Crippen LogP contribution >= 0.6 is 23.4 Å². The lowest BCUT2D eigenvalue weighted by Crippen LogP contribution is -2.40. The number of anilines is 2. The fourth-order valence-electron chi connectivity index (χ4n) is 6.37. The first-order valence-corrected chi connectivity index (χ1v) is 14.2. The van der Waals surface area contributed by atoms with Gasteiger partial charge < -0.3 is 15.1 Å². The molecule has 3 unspecified atom stereocenters. The van der Waals surface area contributed by atoms with E-state index >= 15 is 0 Å². The number of hydrogen-bond acceptors (Lipinski definition) is 5. The van der Waals surface area contributed by atoms with Gasteiger partial charge >= 0.3 is 5.97 Å². The molecule has 38 heavy (non-hydrogen) atoms. The van der Waals surface area contributed by atoms with Crippen LogP contribution < -0.4 is 4.90 Å². The smallest absolute Gasteiger partial charge is 0.336 e. The van der Waals surface area contributed by atoms with Gasteiger partial charge in [0, 0.05) is 50.6 Å². The van der Waals surface area contributed by atoms with Crippen molar-refractivity contribution in [3.05, 3.63) is 88.4 Å². The van der Waals surface area contributed by atoms with Gasteiger partial charge in [-0.15, -0.1) is 11.8 Å². The quantitative estimate of drug-likeness (QED) is 0.226. The van der Waals surface area contributed by atoms with Gasteiger partial charge in [0.25, 0.3) is 0 Å². The summed E-state index contributed by atoms with van der Waals surface area (Å²) in [6, 6.07) is 19.7. The number of ketones is 1. The van der Waals surface area contributed by atoms with Crippen molar-refractivity contribution in [3.8, 4) is 0 Å². The minimum Gasteiger partial charge on any atom is -0.478 e. The van der Waals surface area contributed by atoms with Crippen LogP contribution in [0, 0.1) is 16.7 Å². The van der Waals surface area contributed by atoms with Crippen molar-refractivity contribution < 1.29 is 19.8 Å². The summed E-state index contributed by atoms with van der Waals surface area (Å²) in [5.41, 5.74) is 2.63. The lowest BCUT2D eigenvalue weighted by Gasteiger charge is -2.40. The van der Waals surface area contributed by atoms with Crippen molar-refractivity contribution in [1.29, 1.82) is 0 Å². The Kier molecular flexibility index (Phi) is 7.10. The molecular weight excluding hydrogens is 518 g/mol. The van der Waals surface area contributed by atoms with Gasteiger partial charge in [0.05, 0.1) is 11.7 Å². The zero-order valence-electron chi connectivity index (χ0n) is 21.8. The minimum absolute atomic E-state index is 0.0203. The molecule has 2 bridgehead atoms. The van der Waals surface area contributed by atoms with Crippen molar-refractivity contribution >= 4 is 46.5 Å². The number of carbonyl (C=O) groups excluding carboxylic acids is 1. The minimum atomic E-state index is -1.06. The van der Waals surface area contributed by atoms with E-state index in [0.29, 0.717) is 32.7 Å². The number of halogens is 1. The highest BCUT2D eigenvalue weighted by molar-refractivity contribution is 7.99. The van der Waals surface area contributed by atoms with Crippen LogP contribution in [0.1, 0.15) is 59.4 Å². The fraction of sp³-hybridized carbons (Fsp3) is 0.355. The third-order valence-corrected chi connectivity index (χ3v) is 10.7. The number of benzene rings is 3. The maximum atomic E-state index is 13.3. The molecule has 0 saturated heterocycles. The van der Waals surface area contributed by atoms with E-state index in [0.717, 1.165) is 30.6 Å². The van der Waals surface area contributed by atoms with Gasteiger partial charge in [-0.05, 0) is 97.3 Å². The summed E-state index contributed by atoms with van der Waals surface area (Å²) < 4.78 is 0. The Morgan fingerprint density at radius 1 is 1.00 bits per heavy atom. The molecule has 0 amide bonds. The maximum absolute atomic E-state index is 13.3. The molecule has 3 aromatic rings. The van der Waals surface area contributed by atoms with Gasteiger partial charge in [-0.2, -0.15) is 0 Å². The standard InChI is InChI=1S/C31H32ClNO4S/c1-30(2)21-14-15-31(30,27(34)17-21)18-38-26-13-6-20(16-25(26)29(36)37)28(35)19-4-9-23(10-5-19)33(3)24-11-7-22(32)8-12-24/h4-13,16,21,27,34H,14-15,17-18H2,1-3H3,(H,36,37). The zero-order chi connectivity index (χ0) is 27.2. The molecule has 2 aliphatic rings. The molecule has 2 aliphatic carbocycles. The van der Waals surface area contributed by atoms with E-state index < -0.39 is 5.97 Å². The van der Waals surface area contributed by atoms with E-state index in [1.807, 2.05) is 48.3 Å². The summed E-state index contributed by atoms with van der Waals surface area (Å²) >= 11 is 7.47. The molecule has 2 N–H and O–H groups in total. The molecule has 198 valence electrons. The van der Waals surface area contributed by atoms with Crippen LogP contribution in [0.2, 0.25) is 5.02 Å². The highest BCUT2D eigenvalue weighted by Crippen LogP contribution is 2.66. The van der Waals surface area contributed by atoms with Crippen LogP contribution in [0.5, 0.6) is 0 Å². The van der Waals surface area contributed by atoms with Crippen LogP contribution in [0.4, 0.5) is 11.4 Å². The van der Waals surface area contributed by atoms with Gasteiger partial charge in [-0.25, -0.2) is 4.79 Å². The molecule has 0 spiro atoms. The lowest BCUT2D eigenvalue weighted by atomic mass is 9.70. The first kappa shape index (κ1) is 26.8. The number of thioether (sulfide) groups is 1. The Bertz CT molecular complexity index is 1370. The summed E-state index contributed by atoms with van der Waals surface area (Å²) in [6.45, 7) is 4.47. The number of nitrogens with zero attached hydrogens (tertiary/aromatic N) is 1. The maximum Gasteiger partial charge on any atom is 0.336 e. The molecule has 5 rings (SSSR count). The van der Waals surface area contributed by atoms with Crippen molar-refractivity contribution in [1.82, 2.24) is 0 Å². The van der Waals surface area contributed by atoms with Crippen LogP contribution in [0.3, 0.4) is 0 Å². The van der Waals surface area contributed by atoms with Gasteiger partial charge in [0.2, 0.25) is 0 Å². The second-order valence-corrected chi connectivity index (χ2v) is 12.5. The molecule has 2 fully saturated rings. The molecule has 0 aliphatic heterocycles. The average Bonchev–Trinajstić information content (AvgIpc) is 3.27. The van der Waals surface area contributed by atoms with E-state index in [4.69, 9.17) is 11.6 Å². The number of aliphatic hydroxyl groups excluding tert-OH is 1. The van der Waals surface area contributed by atoms with E-state index in [9.17, 15) is 19.8 Å². The first-order chi connectivity index (χ1) is 18.0. The molecule has 0 heterocycles. The number of carboxylic acids is 1. The van der Waals surface area contributed by atoms with Crippen LogP contribution in [0.15, 0.2) is 71.6 Å². The summed E-state index contributed by atoms with van der Waals surface area (Å²) in [7, 11) is 1.94. The van der Waals surface area contributed by atoms with Crippen molar-refractivity contribution in [3.63, 3.8) is 0 Å². The molecular formula is C31H32ClNO4S. The van der Waals surface area contributed by atoms with E-state index in [1.54, 1.807) is 24.3 Å². The number of aromatic carboxylic acids is 1. The predicted octanol–water partition coefficient (Wildman–Crippen LogP) is 7.32. The van der Waals surface area contributed by atoms with E-state index in [2.05, 4.69) is 13.8 Å². The van der Waals surface area contributed by atoms with Crippen LogP contribution in [-0.2, 0) is 0 Å². The molecule has 0 aromatic heterocycles. The SMILES string of the molecule is CN(c1ccc(Cl)cc1)c1ccc(C(=O)c2ccc(SCC34CCC(CC3O)C4(C)C)c(C(=O)O)c2)cc1. The summed E-state index contributed by atoms with van der Waals surface area (Å²) in [6.07, 6.45) is 2.53. The van der Waals surface area contributed by atoms with Gasteiger partial charge in [-0.1, -0.05) is 25.4 Å². The molecule has 5 nitrogen and oxygen atoms in total. The monoisotopic (exact) mass is 549 g/mol. The van der Waals surface area contributed by atoms with Gasteiger partial charge in [0.1, 0.15) is 0 Å². The summed E-state index contributed by atoms with van der Waals surface area (Å²) in [4.78, 5) is 28.0. The Labute approximate surface area is 232 Å². The normalized spacial score (nSPS) is 23.4. The number of carbonyl (C=O) groups is 2. The second-order valence-electron chi connectivity index (χ2n) is 11.1. The van der Waals surface area contributed by atoms with Gasteiger partial charge in [-0.3, -0.25) is 4.79 Å². The molecule has 7 heteroatoms. The van der Waals surface area contributed by atoms with Crippen molar-refractivity contribution in [2.45, 2.75) is 44.1 Å². The topological polar surface area (TPSA) is 77.8 Å². The van der Waals surface area contributed by atoms with Crippen molar-refractivity contribution in [2.75, 3.05) is 17.7 Å². The van der Waals surface area contributed by atoms with Gasteiger partial charge in [0.15, 0.2) is 5.78 Å². The Morgan fingerprint density at radius 2 is 1.61 bits per heavy atom. The van der Waals surface area contributed by atoms with E-state index in [-0.39, 0.29) is 28.3 Å². The Hall–Kier alpha value is -2.80. The number of fused-ring (bicyclic) bond motifs is 2. The summed E-state index contributed by atoms with van der Waals surface area (Å²) in [5.74, 6) is -0.118. The Morgan fingerprint density at radius 3 is 2.16 bits per heavy atom. The fourth-order valence-corrected chi connectivity index (χ4v) is 8.08. The third kappa shape index (κ3) is 4.53. The molecule has 0 radical (unpaired) electrons. The highest BCUT2D eigenvalue weighted by Gasteiger charge is 2.63. The first-order valence-electron chi connectivity index (χ1n) is 12.9. The van der Waals surface area contributed by atoms with Crippen LogP contribution in [-0.4, -0.2) is 40.9 Å². The number of aliphatic hydroxyl groups is 1. The number of carboxylic acid groups (broad SMARTS) is 1. The second kappa shape index (κ2) is 10.1. The average molecular weight is 550 g/mol. The number of hydrogen-bond donors (Lipinski definition) is 2. The molecule has 3 aromatic carbocycles. The van der Waals surface area contributed by atoms with Crippen LogP contribution in [0.25, 0.3) is 0 Å².